The van der Waals surface area contributed by atoms with Crippen molar-refractivity contribution in [1.82, 2.24) is 10.3 Å². The van der Waals surface area contributed by atoms with Gasteiger partial charge in [-0.1, -0.05) is 0 Å². The van der Waals surface area contributed by atoms with Crippen molar-refractivity contribution in [2.45, 2.75) is 25.3 Å². The van der Waals surface area contributed by atoms with Gasteiger partial charge < -0.3 is 10.4 Å². The number of amides is 1. The van der Waals surface area contributed by atoms with Crippen LogP contribution < -0.4 is 5.32 Å². The molecule has 5 nitrogen and oxygen atoms in total. The molecule has 1 saturated carbocycles. The number of carboxylic acid groups (broad SMARTS) is 1. The molecular formula is C9H10N2O3S. The molecular weight excluding hydrogens is 216 g/mol. The Kier molecular flexibility index (Phi) is 2.68. The van der Waals surface area contributed by atoms with Gasteiger partial charge in [-0.2, -0.15) is 0 Å². The van der Waals surface area contributed by atoms with Crippen LogP contribution in [0.2, 0.25) is 0 Å². The van der Waals surface area contributed by atoms with E-state index in [1.807, 2.05) is 0 Å². The van der Waals surface area contributed by atoms with Crippen LogP contribution in [0.5, 0.6) is 0 Å². The highest BCUT2D eigenvalue weighted by molar-refractivity contribution is 7.11. The van der Waals surface area contributed by atoms with Crippen molar-refractivity contribution in [2.24, 2.45) is 0 Å². The monoisotopic (exact) mass is 226 g/mol. The smallest absolute Gasteiger partial charge is 0.355 e. The molecule has 0 bridgehead atoms. The molecule has 2 rings (SSSR count). The number of nitrogens with one attached hydrogen (secondary N) is 1. The van der Waals surface area contributed by atoms with Crippen LogP contribution in [-0.2, 0) is 0 Å². The van der Waals surface area contributed by atoms with Gasteiger partial charge in [0.1, 0.15) is 0 Å². The Hall–Kier alpha value is -1.43. The number of nitrogens with zero attached hydrogens (tertiary/aromatic N) is 1. The van der Waals surface area contributed by atoms with Crippen LogP contribution in [0.25, 0.3) is 0 Å². The molecule has 0 aliphatic heterocycles. The Morgan fingerprint density at radius 2 is 2.27 bits per heavy atom. The van der Waals surface area contributed by atoms with E-state index in [2.05, 4.69) is 10.3 Å². The third-order valence-electron chi connectivity index (χ3n) is 2.36. The van der Waals surface area contributed by atoms with Crippen LogP contribution >= 0.6 is 11.3 Å². The zero-order valence-corrected chi connectivity index (χ0v) is 8.71. The third-order valence-corrected chi connectivity index (χ3v) is 3.20. The van der Waals surface area contributed by atoms with Crippen LogP contribution in [0, 0.1) is 0 Å². The highest BCUT2D eigenvalue weighted by Gasteiger charge is 2.22. The molecule has 1 amide bonds. The average molecular weight is 226 g/mol. The molecule has 0 spiro atoms. The lowest BCUT2D eigenvalue weighted by Gasteiger charge is -2.25. The molecule has 0 radical (unpaired) electrons. The molecule has 6 heteroatoms. The fraction of sp³-hybridized carbons (Fsp3) is 0.444. The second-order valence-electron chi connectivity index (χ2n) is 3.44. The lowest BCUT2D eigenvalue weighted by atomic mass is 9.93. The van der Waals surface area contributed by atoms with Crippen LogP contribution in [0.4, 0.5) is 0 Å². The number of aromatic carboxylic acids is 1. The summed E-state index contributed by atoms with van der Waals surface area (Å²) in [5, 5.41) is 13.0. The first-order chi connectivity index (χ1) is 7.16. The standard InChI is InChI=1S/C9H10N2O3S/c12-7(10-5-2-1-3-5)8-11-6(4-15-8)9(13)14/h4-5H,1-3H2,(H,10,12)(H,13,14). The average Bonchev–Trinajstić information content (AvgIpc) is 2.59. The van der Waals surface area contributed by atoms with E-state index < -0.39 is 5.97 Å². The number of hydrogen-bond donors (Lipinski definition) is 2. The summed E-state index contributed by atoms with van der Waals surface area (Å²) < 4.78 is 0. The van der Waals surface area contributed by atoms with Crippen molar-refractivity contribution in [3.05, 3.63) is 16.1 Å². The van der Waals surface area contributed by atoms with E-state index in [4.69, 9.17) is 5.11 Å². The molecule has 80 valence electrons. The van der Waals surface area contributed by atoms with E-state index in [9.17, 15) is 9.59 Å². The predicted molar refractivity (Wildman–Crippen MR) is 54.2 cm³/mol. The molecule has 1 fully saturated rings. The van der Waals surface area contributed by atoms with Gasteiger partial charge in [0.15, 0.2) is 10.7 Å². The molecule has 1 aromatic heterocycles. The summed E-state index contributed by atoms with van der Waals surface area (Å²) >= 11 is 1.06. The second kappa shape index (κ2) is 3.98. The maximum Gasteiger partial charge on any atom is 0.355 e. The van der Waals surface area contributed by atoms with Gasteiger partial charge >= 0.3 is 5.97 Å². The van der Waals surface area contributed by atoms with Crippen LogP contribution in [-0.4, -0.2) is 28.0 Å². The molecule has 15 heavy (non-hydrogen) atoms. The number of thiazole rings is 1. The summed E-state index contributed by atoms with van der Waals surface area (Å²) in [6, 6.07) is 0.245. The van der Waals surface area contributed by atoms with E-state index >= 15 is 0 Å². The number of carboxylic acids is 1. The first-order valence-electron chi connectivity index (χ1n) is 4.66. The summed E-state index contributed by atoms with van der Waals surface area (Å²) in [5.74, 6) is -1.37. The molecule has 1 aliphatic rings. The van der Waals surface area contributed by atoms with Gasteiger partial charge in [0, 0.05) is 11.4 Å². The lowest BCUT2D eigenvalue weighted by molar-refractivity contribution is 0.0691. The molecule has 1 aromatic rings. The Morgan fingerprint density at radius 1 is 1.53 bits per heavy atom. The maximum absolute atomic E-state index is 11.5. The van der Waals surface area contributed by atoms with E-state index in [-0.39, 0.29) is 22.7 Å². The summed E-state index contributed by atoms with van der Waals surface area (Å²) in [7, 11) is 0. The highest BCUT2D eigenvalue weighted by atomic mass is 32.1. The molecule has 2 N–H and O–H groups in total. The van der Waals surface area contributed by atoms with Crippen molar-refractivity contribution >= 4 is 23.2 Å². The maximum atomic E-state index is 11.5. The summed E-state index contributed by atoms with van der Waals surface area (Å²) in [5.41, 5.74) is -0.0706. The van der Waals surface area contributed by atoms with Gasteiger partial charge in [-0.15, -0.1) is 11.3 Å². The van der Waals surface area contributed by atoms with Gasteiger partial charge in [-0.05, 0) is 19.3 Å². The second-order valence-corrected chi connectivity index (χ2v) is 4.30. The number of aromatic nitrogens is 1. The Balaban J connectivity index is 2.01. The lowest BCUT2D eigenvalue weighted by Crippen LogP contribution is -2.39. The van der Waals surface area contributed by atoms with Crippen molar-refractivity contribution in [3.63, 3.8) is 0 Å². The van der Waals surface area contributed by atoms with Gasteiger partial charge in [0.2, 0.25) is 0 Å². The van der Waals surface area contributed by atoms with Gasteiger partial charge in [-0.25, -0.2) is 9.78 Å². The Morgan fingerprint density at radius 3 is 2.73 bits per heavy atom. The van der Waals surface area contributed by atoms with Gasteiger partial charge in [-0.3, -0.25) is 4.79 Å². The van der Waals surface area contributed by atoms with Gasteiger partial charge in [0.25, 0.3) is 5.91 Å². The Labute approximate surface area is 90.1 Å². The van der Waals surface area contributed by atoms with Crippen molar-refractivity contribution in [2.75, 3.05) is 0 Å². The van der Waals surface area contributed by atoms with Crippen LogP contribution in [0.3, 0.4) is 0 Å². The van der Waals surface area contributed by atoms with E-state index in [0.717, 1.165) is 30.6 Å². The highest BCUT2D eigenvalue weighted by Crippen LogP contribution is 2.19. The quantitative estimate of drug-likeness (QED) is 0.809. The molecule has 0 saturated heterocycles. The van der Waals surface area contributed by atoms with E-state index in [0.29, 0.717) is 0 Å². The van der Waals surface area contributed by atoms with Gasteiger partial charge in [0.05, 0.1) is 0 Å². The SMILES string of the molecule is O=C(O)c1csc(C(=O)NC2CCC2)n1. The van der Waals surface area contributed by atoms with Crippen molar-refractivity contribution in [1.29, 1.82) is 0 Å². The minimum Gasteiger partial charge on any atom is -0.476 e. The topological polar surface area (TPSA) is 79.3 Å². The molecule has 1 heterocycles. The molecule has 1 aliphatic carbocycles. The number of carbonyl (C=O) groups is 2. The minimum absolute atomic E-state index is 0.0706. The Bertz CT molecular complexity index is 398. The fourth-order valence-electron chi connectivity index (χ4n) is 1.28. The number of rotatable bonds is 3. The molecule has 0 aromatic carbocycles. The van der Waals surface area contributed by atoms with Crippen molar-refractivity contribution in [3.8, 4) is 0 Å². The largest absolute Gasteiger partial charge is 0.476 e. The van der Waals surface area contributed by atoms with E-state index in [1.165, 1.54) is 5.38 Å². The van der Waals surface area contributed by atoms with Crippen molar-refractivity contribution < 1.29 is 14.7 Å². The minimum atomic E-state index is -1.10. The number of hydrogen-bond acceptors (Lipinski definition) is 4. The summed E-state index contributed by atoms with van der Waals surface area (Å²) in [6.45, 7) is 0. The molecule has 0 unspecified atom stereocenters. The number of carbonyl (C=O) groups excluding carboxylic acids is 1. The fourth-order valence-corrected chi connectivity index (χ4v) is 1.97. The summed E-state index contributed by atoms with van der Waals surface area (Å²) in [4.78, 5) is 25.8. The zero-order valence-electron chi connectivity index (χ0n) is 7.90. The first kappa shape index (κ1) is 10.1. The summed E-state index contributed by atoms with van der Waals surface area (Å²) in [6.07, 6.45) is 3.15. The first-order valence-corrected chi connectivity index (χ1v) is 5.54. The normalized spacial score (nSPS) is 15.7. The van der Waals surface area contributed by atoms with Crippen LogP contribution in [0.1, 0.15) is 39.6 Å². The van der Waals surface area contributed by atoms with E-state index in [1.54, 1.807) is 0 Å². The third kappa shape index (κ3) is 2.15. The predicted octanol–water partition coefficient (Wildman–Crippen LogP) is 1.12. The molecule has 0 atom stereocenters. The van der Waals surface area contributed by atoms with Crippen LogP contribution in [0.15, 0.2) is 5.38 Å². The zero-order chi connectivity index (χ0) is 10.8.